The Balaban J connectivity index is 1.75. The lowest BCUT2D eigenvalue weighted by Crippen LogP contribution is -2.35. The molecule has 8 heteroatoms. The Kier molecular flexibility index (Phi) is 8.28. The molecule has 174 valence electrons. The highest BCUT2D eigenvalue weighted by atomic mass is 32.2. The summed E-state index contributed by atoms with van der Waals surface area (Å²) in [6.45, 7) is 6.88. The number of benzene rings is 2. The van der Waals surface area contributed by atoms with Gasteiger partial charge >= 0.3 is 0 Å². The summed E-state index contributed by atoms with van der Waals surface area (Å²) in [5, 5.41) is 6.03. The fraction of sp³-hybridized carbons (Fsp3) is 0.458. The van der Waals surface area contributed by atoms with Crippen molar-refractivity contribution in [3.05, 3.63) is 54.1 Å². The Hall–Kier alpha value is -2.42. The van der Waals surface area contributed by atoms with Crippen molar-refractivity contribution < 1.29 is 17.9 Å². The second-order valence-electron chi connectivity index (χ2n) is 8.35. The molecule has 0 aliphatic carbocycles. The van der Waals surface area contributed by atoms with Crippen LogP contribution < -0.4 is 15.4 Å². The molecule has 32 heavy (non-hydrogen) atoms. The van der Waals surface area contributed by atoms with Crippen LogP contribution in [0.1, 0.15) is 51.6 Å². The van der Waals surface area contributed by atoms with Crippen molar-refractivity contribution in [1.82, 2.24) is 9.62 Å². The molecule has 7 nitrogen and oxygen atoms in total. The van der Waals surface area contributed by atoms with Gasteiger partial charge in [-0.25, -0.2) is 8.42 Å². The monoisotopic (exact) mass is 459 g/mol. The van der Waals surface area contributed by atoms with Gasteiger partial charge in [0.15, 0.2) is 0 Å². The molecule has 0 unspecified atom stereocenters. The number of amides is 1. The first-order valence-corrected chi connectivity index (χ1v) is 12.6. The number of carbonyl (C=O) groups is 1. The zero-order valence-electron chi connectivity index (χ0n) is 19.0. The van der Waals surface area contributed by atoms with E-state index < -0.39 is 10.0 Å². The van der Waals surface area contributed by atoms with Gasteiger partial charge in [0.05, 0.1) is 23.2 Å². The Morgan fingerprint density at radius 1 is 1.03 bits per heavy atom. The molecular formula is C24H33N3O4S. The van der Waals surface area contributed by atoms with Crippen molar-refractivity contribution in [3.63, 3.8) is 0 Å². The molecule has 1 heterocycles. The number of anilines is 1. The molecule has 0 radical (unpaired) electrons. The number of ether oxygens (including phenoxy) is 1. The average molecular weight is 460 g/mol. The van der Waals surface area contributed by atoms with Crippen molar-refractivity contribution in [2.24, 2.45) is 0 Å². The van der Waals surface area contributed by atoms with E-state index in [1.165, 1.54) is 10.4 Å². The standard InChI is InChI=1S/C24H33N3O4S/c1-18(2)31-23-13-12-21(32(29,30)27-14-8-5-9-15-27)16-22(23)26-24(28)17-25-19(3)20-10-6-4-7-11-20/h4,6-7,10-13,16,18-19,25H,5,8-9,14-15,17H2,1-3H3,(H,26,28)/t19-/m0/s1. The molecule has 3 rings (SSSR count). The molecule has 0 aromatic heterocycles. The van der Waals surface area contributed by atoms with Gasteiger partial charge in [0.2, 0.25) is 15.9 Å². The molecule has 1 amide bonds. The lowest BCUT2D eigenvalue weighted by atomic mass is 10.1. The van der Waals surface area contributed by atoms with Gasteiger partial charge < -0.3 is 15.4 Å². The fourth-order valence-corrected chi connectivity index (χ4v) is 5.22. The highest BCUT2D eigenvalue weighted by Crippen LogP contribution is 2.31. The quantitative estimate of drug-likeness (QED) is 0.593. The van der Waals surface area contributed by atoms with Crippen LogP contribution in [0.3, 0.4) is 0 Å². The smallest absolute Gasteiger partial charge is 0.243 e. The minimum atomic E-state index is -3.62. The van der Waals surface area contributed by atoms with E-state index in [0.717, 1.165) is 24.8 Å². The summed E-state index contributed by atoms with van der Waals surface area (Å²) in [5.74, 6) is 0.177. The Morgan fingerprint density at radius 3 is 2.38 bits per heavy atom. The zero-order valence-corrected chi connectivity index (χ0v) is 19.8. The number of sulfonamides is 1. The van der Waals surface area contributed by atoms with Crippen LogP contribution >= 0.6 is 0 Å². The number of nitrogens with one attached hydrogen (secondary N) is 2. The molecule has 1 aliphatic heterocycles. The number of carbonyl (C=O) groups excluding carboxylic acids is 1. The Morgan fingerprint density at radius 2 is 1.72 bits per heavy atom. The molecule has 1 aliphatic rings. The van der Waals surface area contributed by atoms with Crippen LogP contribution in [0.5, 0.6) is 5.75 Å². The van der Waals surface area contributed by atoms with Crippen molar-refractivity contribution >= 4 is 21.6 Å². The summed E-state index contributed by atoms with van der Waals surface area (Å²) < 4.78 is 33.5. The third kappa shape index (κ3) is 6.31. The first kappa shape index (κ1) is 24.2. The summed E-state index contributed by atoms with van der Waals surface area (Å²) in [4.78, 5) is 12.8. The molecule has 1 fully saturated rings. The highest BCUT2D eigenvalue weighted by Gasteiger charge is 2.27. The summed E-state index contributed by atoms with van der Waals surface area (Å²) in [5.41, 5.74) is 1.44. The van der Waals surface area contributed by atoms with E-state index in [1.807, 2.05) is 51.1 Å². The topological polar surface area (TPSA) is 87.7 Å². The fourth-order valence-electron chi connectivity index (χ4n) is 3.68. The van der Waals surface area contributed by atoms with Crippen LogP contribution in [0.2, 0.25) is 0 Å². The van der Waals surface area contributed by atoms with Crippen LogP contribution in [-0.4, -0.2) is 44.4 Å². The number of nitrogens with zero attached hydrogens (tertiary/aromatic N) is 1. The maximum atomic E-state index is 13.1. The van der Waals surface area contributed by atoms with E-state index in [1.54, 1.807) is 12.1 Å². The highest BCUT2D eigenvalue weighted by molar-refractivity contribution is 7.89. The van der Waals surface area contributed by atoms with Gasteiger partial charge in [-0.3, -0.25) is 4.79 Å². The second kappa shape index (κ2) is 10.9. The molecule has 1 saturated heterocycles. The van der Waals surface area contributed by atoms with Gasteiger partial charge in [-0.05, 0) is 57.4 Å². The molecule has 2 N–H and O–H groups in total. The van der Waals surface area contributed by atoms with Crippen LogP contribution in [0.4, 0.5) is 5.69 Å². The first-order chi connectivity index (χ1) is 15.3. The lowest BCUT2D eigenvalue weighted by molar-refractivity contribution is -0.115. The van der Waals surface area contributed by atoms with Crippen molar-refractivity contribution in [2.45, 2.75) is 57.1 Å². The van der Waals surface area contributed by atoms with E-state index >= 15 is 0 Å². The number of piperidine rings is 1. The van der Waals surface area contributed by atoms with Gasteiger partial charge in [-0.15, -0.1) is 0 Å². The molecule has 0 spiro atoms. The van der Waals surface area contributed by atoms with Crippen molar-refractivity contribution in [2.75, 3.05) is 25.0 Å². The van der Waals surface area contributed by atoms with E-state index in [-0.39, 0.29) is 29.5 Å². The summed E-state index contributed by atoms with van der Waals surface area (Å²) in [6.07, 6.45) is 2.65. The van der Waals surface area contributed by atoms with Crippen molar-refractivity contribution in [3.8, 4) is 5.75 Å². The van der Waals surface area contributed by atoms with Gasteiger partial charge in [0, 0.05) is 19.1 Å². The SMILES string of the molecule is CC(C)Oc1ccc(S(=O)(=O)N2CCCCC2)cc1NC(=O)CN[C@@H](C)c1ccccc1. The van der Waals surface area contributed by atoms with Gasteiger partial charge in [0.25, 0.3) is 0 Å². The van der Waals surface area contributed by atoms with Gasteiger partial charge in [-0.1, -0.05) is 36.8 Å². The largest absolute Gasteiger partial charge is 0.489 e. The minimum Gasteiger partial charge on any atom is -0.489 e. The van der Waals surface area contributed by atoms with E-state index in [9.17, 15) is 13.2 Å². The first-order valence-electron chi connectivity index (χ1n) is 11.2. The van der Waals surface area contributed by atoms with E-state index in [4.69, 9.17) is 4.74 Å². The molecule has 1 atom stereocenters. The number of hydrogen-bond donors (Lipinski definition) is 2. The summed E-state index contributed by atoms with van der Waals surface area (Å²) in [6, 6.07) is 14.5. The number of rotatable bonds is 9. The van der Waals surface area contributed by atoms with Crippen LogP contribution in [-0.2, 0) is 14.8 Å². The van der Waals surface area contributed by atoms with Gasteiger partial charge in [-0.2, -0.15) is 4.31 Å². The maximum absolute atomic E-state index is 13.1. The van der Waals surface area contributed by atoms with E-state index in [2.05, 4.69) is 10.6 Å². The van der Waals surface area contributed by atoms with Gasteiger partial charge in [0.1, 0.15) is 5.75 Å². The third-order valence-electron chi connectivity index (χ3n) is 5.41. The Bertz CT molecular complexity index is 1000. The van der Waals surface area contributed by atoms with Crippen LogP contribution in [0.15, 0.2) is 53.4 Å². The Labute approximate surface area is 191 Å². The van der Waals surface area contributed by atoms with Crippen molar-refractivity contribution in [1.29, 1.82) is 0 Å². The maximum Gasteiger partial charge on any atom is 0.243 e. The summed E-state index contributed by atoms with van der Waals surface area (Å²) in [7, 11) is -3.62. The molecule has 2 aromatic carbocycles. The lowest BCUT2D eigenvalue weighted by Gasteiger charge is -2.26. The molecule has 0 saturated carbocycles. The van der Waals surface area contributed by atoms with E-state index in [0.29, 0.717) is 24.5 Å². The zero-order chi connectivity index (χ0) is 23.1. The van der Waals surface area contributed by atoms with Crippen LogP contribution in [0.25, 0.3) is 0 Å². The second-order valence-corrected chi connectivity index (χ2v) is 10.3. The molecule has 0 bridgehead atoms. The molecular weight excluding hydrogens is 426 g/mol. The predicted octanol–water partition coefficient (Wildman–Crippen LogP) is 3.94. The molecule has 2 aromatic rings. The third-order valence-corrected chi connectivity index (χ3v) is 7.30. The van der Waals surface area contributed by atoms with Crippen LogP contribution in [0, 0.1) is 0 Å². The minimum absolute atomic E-state index is 0.000789. The predicted molar refractivity (Wildman–Crippen MR) is 126 cm³/mol. The average Bonchev–Trinajstić information content (AvgIpc) is 2.79. The summed E-state index contributed by atoms with van der Waals surface area (Å²) >= 11 is 0. The number of hydrogen-bond acceptors (Lipinski definition) is 5. The normalized spacial score (nSPS) is 16.0.